The Morgan fingerprint density at radius 2 is 2.21 bits per heavy atom. The van der Waals surface area contributed by atoms with Crippen molar-refractivity contribution in [3.8, 4) is 5.75 Å². The third-order valence-electron chi connectivity index (χ3n) is 5.43. The molecule has 2 atom stereocenters. The highest BCUT2D eigenvalue weighted by atomic mass is 19.1. The van der Waals surface area contributed by atoms with Crippen molar-refractivity contribution in [2.24, 2.45) is 5.92 Å². The van der Waals surface area contributed by atoms with Gasteiger partial charge in [-0.1, -0.05) is 6.92 Å². The van der Waals surface area contributed by atoms with Crippen molar-refractivity contribution in [1.29, 1.82) is 0 Å². The SMILES string of the molecule is C[C@@H]1COc2ccc(F)cc2[C@@H]2CCCN2c2ccn3ncc(c3n2)NC1=O. The normalized spacial score (nSPS) is 21.9. The predicted molar refractivity (Wildman–Crippen MR) is 102 cm³/mol. The number of rotatable bonds is 0. The van der Waals surface area contributed by atoms with E-state index in [0.29, 0.717) is 17.1 Å². The van der Waals surface area contributed by atoms with Crippen molar-refractivity contribution in [3.05, 3.63) is 48.0 Å². The number of ether oxygens (including phenoxy) is 1. The number of hydrogen-bond donors (Lipinski definition) is 1. The molecule has 0 saturated carbocycles. The van der Waals surface area contributed by atoms with Crippen molar-refractivity contribution in [3.63, 3.8) is 0 Å². The van der Waals surface area contributed by atoms with Crippen LogP contribution in [-0.4, -0.2) is 33.7 Å². The van der Waals surface area contributed by atoms with E-state index < -0.39 is 5.92 Å². The smallest absolute Gasteiger partial charge is 0.230 e. The van der Waals surface area contributed by atoms with Crippen LogP contribution in [0.15, 0.2) is 36.7 Å². The number of aromatic nitrogens is 3. The Morgan fingerprint density at radius 3 is 3.11 bits per heavy atom. The molecule has 1 amide bonds. The van der Waals surface area contributed by atoms with Gasteiger partial charge < -0.3 is 15.0 Å². The molecule has 3 aromatic rings. The number of carbonyl (C=O) groups is 1. The molecule has 144 valence electrons. The van der Waals surface area contributed by atoms with Crippen LogP contribution in [-0.2, 0) is 4.79 Å². The summed E-state index contributed by atoms with van der Waals surface area (Å²) in [5.74, 6) is 0.516. The van der Waals surface area contributed by atoms with E-state index in [-0.39, 0.29) is 24.4 Å². The van der Waals surface area contributed by atoms with Crippen LogP contribution < -0.4 is 15.0 Å². The number of nitrogens with one attached hydrogen (secondary N) is 1. The van der Waals surface area contributed by atoms with E-state index in [9.17, 15) is 9.18 Å². The minimum atomic E-state index is -0.392. The second-order valence-corrected chi connectivity index (χ2v) is 7.35. The molecule has 2 aliphatic heterocycles. The van der Waals surface area contributed by atoms with Crippen LogP contribution in [0.3, 0.4) is 0 Å². The number of halogens is 1. The van der Waals surface area contributed by atoms with Crippen LogP contribution in [0.25, 0.3) is 5.65 Å². The summed E-state index contributed by atoms with van der Waals surface area (Å²) in [6, 6.07) is 6.43. The van der Waals surface area contributed by atoms with E-state index in [4.69, 9.17) is 9.72 Å². The van der Waals surface area contributed by atoms with E-state index in [2.05, 4.69) is 15.3 Å². The van der Waals surface area contributed by atoms with Gasteiger partial charge in [0.1, 0.15) is 23.1 Å². The van der Waals surface area contributed by atoms with Crippen LogP contribution in [0.1, 0.15) is 31.4 Å². The third kappa shape index (κ3) is 2.76. The Morgan fingerprint density at radius 1 is 1.32 bits per heavy atom. The Kier molecular flexibility index (Phi) is 3.92. The van der Waals surface area contributed by atoms with Gasteiger partial charge in [-0.25, -0.2) is 13.9 Å². The van der Waals surface area contributed by atoms with Crippen LogP contribution in [0.5, 0.6) is 5.75 Å². The van der Waals surface area contributed by atoms with Gasteiger partial charge in [-0.15, -0.1) is 0 Å². The first-order valence-corrected chi connectivity index (χ1v) is 9.44. The number of nitrogens with zero attached hydrogens (tertiary/aromatic N) is 4. The van der Waals surface area contributed by atoms with E-state index in [1.807, 2.05) is 12.3 Å². The zero-order valence-electron chi connectivity index (χ0n) is 15.4. The molecule has 2 bridgehead atoms. The lowest BCUT2D eigenvalue weighted by Crippen LogP contribution is -2.26. The second-order valence-electron chi connectivity index (χ2n) is 7.35. The van der Waals surface area contributed by atoms with Crippen LogP contribution in [0.2, 0.25) is 0 Å². The highest BCUT2D eigenvalue weighted by Crippen LogP contribution is 2.40. The lowest BCUT2D eigenvalue weighted by Gasteiger charge is -2.27. The topological polar surface area (TPSA) is 71.8 Å². The van der Waals surface area contributed by atoms with Crippen molar-refractivity contribution >= 4 is 23.1 Å². The lowest BCUT2D eigenvalue weighted by atomic mass is 10.0. The van der Waals surface area contributed by atoms with E-state index in [0.717, 1.165) is 30.8 Å². The van der Waals surface area contributed by atoms with Gasteiger partial charge in [0, 0.05) is 18.3 Å². The number of anilines is 2. The standard InChI is InChI=1S/C20H20FN5O2/c1-12-11-28-17-5-4-13(21)9-14(17)16-3-2-7-25(16)18-6-8-26-19(24-18)15(10-22-26)23-20(12)27/h4-6,8-10,12,16H,2-3,7,11H2,1H3,(H,23,27)/t12-,16+/m1/s1. The monoisotopic (exact) mass is 381 g/mol. The molecule has 28 heavy (non-hydrogen) atoms. The molecule has 1 N–H and O–H groups in total. The van der Waals surface area contributed by atoms with Gasteiger partial charge in [0.15, 0.2) is 5.65 Å². The molecule has 1 aromatic carbocycles. The first kappa shape index (κ1) is 17.0. The zero-order chi connectivity index (χ0) is 19.3. The molecule has 2 aliphatic rings. The number of benzene rings is 1. The fourth-order valence-electron chi connectivity index (χ4n) is 3.93. The van der Waals surface area contributed by atoms with Gasteiger partial charge in [-0.3, -0.25) is 4.79 Å². The summed E-state index contributed by atoms with van der Waals surface area (Å²) >= 11 is 0. The van der Waals surface area contributed by atoms with Gasteiger partial charge in [0.05, 0.1) is 24.8 Å². The Hall–Kier alpha value is -3.16. The maximum Gasteiger partial charge on any atom is 0.230 e. The molecule has 7 nitrogen and oxygen atoms in total. The highest BCUT2D eigenvalue weighted by molar-refractivity contribution is 5.95. The van der Waals surface area contributed by atoms with Gasteiger partial charge >= 0.3 is 0 Å². The van der Waals surface area contributed by atoms with Gasteiger partial charge in [-0.2, -0.15) is 5.10 Å². The average molecular weight is 381 g/mol. The molecule has 0 aliphatic carbocycles. The fraction of sp³-hybridized carbons (Fsp3) is 0.350. The van der Waals surface area contributed by atoms with E-state index in [1.165, 1.54) is 12.1 Å². The Bertz CT molecular complexity index is 1070. The Labute approximate surface area is 161 Å². The molecule has 5 rings (SSSR count). The summed E-state index contributed by atoms with van der Waals surface area (Å²) in [6.07, 6.45) is 5.29. The molecule has 0 unspecified atom stereocenters. The summed E-state index contributed by atoms with van der Waals surface area (Å²) in [6.45, 7) is 2.81. The highest BCUT2D eigenvalue weighted by Gasteiger charge is 2.31. The average Bonchev–Trinajstić information content (AvgIpc) is 3.33. The largest absolute Gasteiger partial charge is 0.492 e. The first-order valence-electron chi connectivity index (χ1n) is 9.44. The fourth-order valence-corrected chi connectivity index (χ4v) is 3.93. The number of hydrogen-bond acceptors (Lipinski definition) is 5. The molecular weight excluding hydrogens is 361 g/mol. The summed E-state index contributed by atoms with van der Waals surface area (Å²) in [5, 5.41) is 7.16. The third-order valence-corrected chi connectivity index (χ3v) is 5.43. The number of carbonyl (C=O) groups excluding carboxylic acids is 1. The quantitative estimate of drug-likeness (QED) is 0.648. The molecule has 8 heteroatoms. The molecule has 0 spiro atoms. The summed E-state index contributed by atoms with van der Waals surface area (Å²) in [7, 11) is 0. The maximum atomic E-state index is 14.1. The second kappa shape index (κ2) is 6.47. The predicted octanol–water partition coefficient (Wildman–Crippen LogP) is 3.18. The number of fused-ring (bicyclic) bond motifs is 5. The summed E-state index contributed by atoms with van der Waals surface area (Å²) < 4.78 is 21.7. The summed E-state index contributed by atoms with van der Waals surface area (Å²) in [5.41, 5.74) is 1.94. The van der Waals surface area contributed by atoms with Gasteiger partial charge in [-0.05, 0) is 37.1 Å². The van der Waals surface area contributed by atoms with Crippen molar-refractivity contribution in [2.75, 3.05) is 23.4 Å². The van der Waals surface area contributed by atoms with Gasteiger partial charge in [0.2, 0.25) is 5.91 Å². The number of amides is 1. The van der Waals surface area contributed by atoms with Crippen LogP contribution in [0, 0.1) is 11.7 Å². The minimum Gasteiger partial charge on any atom is -0.492 e. The molecule has 1 fully saturated rings. The Balaban J connectivity index is 1.68. The van der Waals surface area contributed by atoms with Crippen LogP contribution >= 0.6 is 0 Å². The van der Waals surface area contributed by atoms with E-state index in [1.54, 1.807) is 23.7 Å². The maximum absolute atomic E-state index is 14.1. The minimum absolute atomic E-state index is 0.0354. The van der Waals surface area contributed by atoms with E-state index >= 15 is 0 Å². The van der Waals surface area contributed by atoms with Gasteiger partial charge in [0.25, 0.3) is 0 Å². The molecule has 4 heterocycles. The summed E-state index contributed by atoms with van der Waals surface area (Å²) in [4.78, 5) is 19.5. The molecule has 2 aromatic heterocycles. The first-order chi connectivity index (χ1) is 13.6. The van der Waals surface area contributed by atoms with Crippen molar-refractivity contribution in [2.45, 2.75) is 25.8 Å². The van der Waals surface area contributed by atoms with Crippen molar-refractivity contribution in [1.82, 2.24) is 14.6 Å². The van der Waals surface area contributed by atoms with Crippen LogP contribution in [0.4, 0.5) is 15.9 Å². The molecular formula is C20H20FN5O2. The lowest BCUT2D eigenvalue weighted by molar-refractivity contribution is -0.120. The molecule has 1 saturated heterocycles. The zero-order valence-corrected chi connectivity index (χ0v) is 15.4. The molecule has 0 radical (unpaired) electrons. The van der Waals surface area contributed by atoms with Crippen molar-refractivity contribution < 1.29 is 13.9 Å².